The lowest BCUT2D eigenvalue weighted by atomic mass is 10.1. The molecule has 30 heavy (non-hydrogen) atoms. The van der Waals surface area contributed by atoms with Crippen LogP contribution in [0.1, 0.15) is 24.2 Å². The van der Waals surface area contributed by atoms with Crippen molar-refractivity contribution in [2.75, 3.05) is 7.05 Å². The van der Waals surface area contributed by atoms with Gasteiger partial charge in [0.1, 0.15) is 5.65 Å². The fourth-order valence-corrected chi connectivity index (χ4v) is 4.10. The minimum absolute atomic E-state index is 0.0671. The summed E-state index contributed by atoms with van der Waals surface area (Å²) in [6.07, 6.45) is 2.03. The van der Waals surface area contributed by atoms with Gasteiger partial charge in [-0.15, -0.1) is 0 Å². The molecule has 0 saturated carbocycles. The summed E-state index contributed by atoms with van der Waals surface area (Å²) in [5.41, 5.74) is 5.07. The van der Waals surface area contributed by atoms with Gasteiger partial charge in [0.25, 0.3) is 0 Å². The van der Waals surface area contributed by atoms with E-state index in [2.05, 4.69) is 35.4 Å². The average molecular weight is 421 g/mol. The molecule has 0 radical (unpaired) electrons. The summed E-state index contributed by atoms with van der Waals surface area (Å²) in [5, 5.41) is 5.21. The largest absolute Gasteiger partial charge is 0.302 e. The summed E-state index contributed by atoms with van der Waals surface area (Å²) in [6, 6.07) is 23.0. The van der Waals surface area contributed by atoms with E-state index in [4.69, 9.17) is 10.1 Å². The van der Waals surface area contributed by atoms with Crippen LogP contribution in [0, 0.1) is 0 Å². The van der Waals surface area contributed by atoms with Crippen molar-refractivity contribution in [2.24, 2.45) is 5.14 Å². The summed E-state index contributed by atoms with van der Waals surface area (Å²) in [6.45, 7) is 2.77. The quantitative estimate of drug-likeness (QED) is 0.514. The Kier molecular flexibility index (Phi) is 5.42. The van der Waals surface area contributed by atoms with E-state index in [-0.39, 0.29) is 10.9 Å². The number of imidazole rings is 1. The van der Waals surface area contributed by atoms with Gasteiger partial charge >= 0.3 is 0 Å². The number of primary sulfonamides is 1. The van der Waals surface area contributed by atoms with Crippen LogP contribution in [0.2, 0.25) is 0 Å². The van der Waals surface area contributed by atoms with Crippen LogP contribution in [-0.4, -0.2) is 29.8 Å². The molecule has 2 heterocycles. The molecule has 4 aromatic rings. The molecule has 0 spiro atoms. The number of aromatic nitrogens is 2. The smallest absolute Gasteiger partial charge is 0.238 e. The molecule has 2 aromatic heterocycles. The van der Waals surface area contributed by atoms with Gasteiger partial charge in [-0.3, -0.25) is 4.90 Å². The summed E-state index contributed by atoms with van der Waals surface area (Å²) < 4.78 is 25.1. The molecule has 7 heteroatoms. The van der Waals surface area contributed by atoms with Gasteiger partial charge in [0.15, 0.2) is 0 Å². The first-order valence-corrected chi connectivity index (χ1v) is 11.2. The van der Waals surface area contributed by atoms with Crippen molar-refractivity contribution in [3.63, 3.8) is 0 Å². The fourth-order valence-electron chi connectivity index (χ4n) is 3.59. The zero-order valence-electron chi connectivity index (χ0n) is 16.9. The lowest BCUT2D eigenvalue weighted by Gasteiger charge is -2.25. The molecule has 0 fully saturated rings. The molecule has 0 bridgehead atoms. The van der Waals surface area contributed by atoms with E-state index in [1.165, 1.54) is 0 Å². The van der Waals surface area contributed by atoms with Gasteiger partial charge in [-0.05, 0) is 43.8 Å². The molecular formula is C23H24N4O2S. The second-order valence-electron chi connectivity index (χ2n) is 7.41. The van der Waals surface area contributed by atoms with Gasteiger partial charge in [-0.2, -0.15) is 0 Å². The minimum Gasteiger partial charge on any atom is -0.302 e. The number of benzene rings is 2. The van der Waals surface area contributed by atoms with E-state index >= 15 is 0 Å². The number of sulfonamides is 1. The van der Waals surface area contributed by atoms with Crippen molar-refractivity contribution in [1.29, 1.82) is 0 Å². The Labute approximate surface area is 176 Å². The maximum absolute atomic E-state index is 11.5. The second kappa shape index (κ2) is 8.02. The van der Waals surface area contributed by atoms with Crippen LogP contribution in [0.15, 0.2) is 83.9 Å². The first kappa shape index (κ1) is 20.3. The Morgan fingerprint density at radius 2 is 1.67 bits per heavy atom. The Morgan fingerprint density at radius 3 is 2.33 bits per heavy atom. The average Bonchev–Trinajstić information content (AvgIpc) is 3.12. The van der Waals surface area contributed by atoms with E-state index in [1.807, 2.05) is 54.7 Å². The molecule has 0 saturated heterocycles. The first-order chi connectivity index (χ1) is 14.3. The number of rotatable bonds is 6. The number of fused-ring (bicyclic) bond motifs is 1. The van der Waals surface area contributed by atoms with E-state index in [1.54, 1.807) is 12.1 Å². The fraction of sp³-hybridized carbons (Fsp3) is 0.174. The number of hydrogen-bond acceptors (Lipinski definition) is 4. The number of hydrogen-bond donors (Lipinski definition) is 1. The van der Waals surface area contributed by atoms with Crippen LogP contribution >= 0.6 is 0 Å². The molecule has 2 aromatic carbocycles. The van der Waals surface area contributed by atoms with Crippen LogP contribution in [0.25, 0.3) is 16.9 Å². The lowest BCUT2D eigenvalue weighted by Crippen LogP contribution is -2.23. The Morgan fingerprint density at radius 1 is 1.00 bits per heavy atom. The molecule has 154 valence electrons. The molecule has 1 atom stereocenters. The highest BCUT2D eigenvalue weighted by atomic mass is 32.2. The molecule has 0 aliphatic carbocycles. The molecular weight excluding hydrogens is 396 g/mol. The summed E-state index contributed by atoms with van der Waals surface area (Å²) in [5.74, 6) is 0. The highest BCUT2D eigenvalue weighted by Crippen LogP contribution is 2.28. The molecule has 6 nitrogen and oxygen atoms in total. The van der Waals surface area contributed by atoms with Gasteiger partial charge in [-0.25, -0.2) is 18.5 Å². The number of nitrogens with zero attached hydrogens (tertiary/aromatic N) is 3. The number of nitrogens with two attached hydrogens (primary N) is 1. The third-order valence-corrected chi connectivity index (χ3v) is 6.36. The summed E-state index contributed by atoms with van der Waals surface area (Å²) in [7, 11) is -1.64. The first-order valence-electron chi connectivity index (χ1n) is 9.69. The highest BCUT2D eigenvalue weighted by Gasteiger charge is 2.19. The predicted octanol–water partition coefficient (Wildman–Crippen LogP) is 3.84. The zero-order valence-corrected chi connectivity index (χ0v) is 17.8. The maximum Gasteiger partial charge on any atom is 0.238 e. The van der Waals surface area contributed by atoms with Gasteiger partial charge in [0.2, 0.25) is 10.0 Å². The van der Waals surface area contributed by atoms with Gasteiger partial charge < -0.3 is 4.40 Å². The lowest BCUT2D eigenvalue weighted by molar-refractivity contribution is 0.250. The van der Waals surface area contributed by atoms with Crippen LogP contribution in [-0.2, 0) is 16.6 Å². The van der Waals surface area contributed by atoms with Crippen LogP contribution < -0.4 is 5.14 Å². The predicted molar refractivity (Wildman–Crippen MR) is 118 cm³/mol. The van der Waals surface area contributed by atoms with Crippen molar-refractivity contribution in [1.82, 2.24) is 14.3 Å². The monoisotopic (exact) mass is 420 g/mol. The normalized spacial score (nSPS) is 13.1. The van der Waals surface area contributed by atoms with Crippen molar-refractivity contribution < 1.29 is 8.42 Å². The third-order valence-electron chi connectivity index (χ3n) is 5.43. The Bertz CT molecular complexity index is 1270. The van der Waals surface area contributed by atoms with Crippen molar-refractivity contribution in [2.45, 2.75) is 24.4 Å². The molecule has 0 aliphatic rings. The molecule has 0 aliphatic heterocycles. The van der Waals surface area contributed by atoms with Gasteiger partial charge in [-0.1, -0.05) is 48.5 Å². The summed E-state index contributed by atoms with van der Waals surface area (Å²) in [4.78, 5) is 7.20. The third kappa shape index (κ3) is 4.00. The van der Waals surface area contributed by atoms with Gasteiger partial charge in [0.05, 0.1) is 16.3 Å². The van der Waals surface area contributed by atoms with E-state index < -0.39 is 10.0 Å². The van der Waals surface area contributed by atoms with E-state index in [9.17, 15) is 8.42 Å². The molecule has 1 unspecified atom stereocenters. The van der Waals surface area contributed by atoms with Crippen LogP contribution in [0.5, 0.6) is 0 Å². The SMILES string of the molecule is CC(c1ccc(S(N)(=O)=O)cc1)N(C)Cc1c(-c2ccccc2)nc2ccccn12. The van der Waals surface area contributed by atoms with Crippen LogP contribution in [0.3, 0.4) is 0 Å². The minimum atomic E-state index is -3.69. The Balaban J connectivity index is 1.66. The highest BCUT2D eigenvalue weighted by molar-refractivity contribution is 7.89. The van der Waals surface area contributed by atoms with Crippen molar-refractivity contribution in [3.8, 4) is 11.3 Å². The zero-order chi connectivity index (χ0) is 21.3. The maximum atomic E-state index is 11.5. The van der Waals surface area contributed by atoms with E-state index in [0.717, 1.165) is 28.2 Å². The van der Waals surface area contributed by atoms with Gasteiger partial charge in [0, 0.05) is 24.3 Å². The topological polar surface area (TPSA) is 80.7 Å². The molecule has 0 amide bonds. The van der Waals surface area contributed by atoms with Crippen molar-refractivity contribution in [3.05, 3.63) is 90.3 Å². The van der Waals surface area contributed by atoms with Crippen LogP contribution in [0.4, 0.5) is 0 Å². The second-order valence-corrected chi connectivity index (χ2v) is 8.97. The summed E-state index contributed by atoms with van der Waals surface area (Å²) >= 11 is 0. The number of pyridine rings is 1. The molecule has 4 rings (SSSR count). The van der Waals surface area contributed by atoms with Crippen molar-refractivity contribution >= 4 is 15.7 Å². The molecule has 2 N–H and O–H groups in total. The van der Waals surface area contributed by atoms with E-state index in [0.29, 0.717) is 6.54 Å². The Hall–Kier alpha value is -3.00. The standard InChI is InChI=1S/C23H24N4O2S/c1-17(18-11-13-20(14-12-18)30(24,28)29)26(2)16-21-23(19-8-4-3-5-9-19)25-22-10-6-7-15-27(21)22/h3-15,17H,16H2,1-2H3,(H2,24,28,29).